The van der Waals surface area contributed by atoms with E-state index in [4.69, 9.17) is 0 Å². The highest BCUT2D eigenvalue weighted by atomic mass is 32.1. The number of amides is 1. The predicted molar refractivity (Wildman–Crippen MR) is 90.7 cm³/mol. The van der Waals surface area contributed by atoms with E-state index in [0.717, 1.165) is 42.9 Å². The Hall–Kier alpha value is -1.93. The number of aromatic nitrogens is 1. The van der Waals surface area contributed by atoms with Gasteiger partial charge in [-0.3, -0.25) is 9.69 Å². The van der Waals surface area contributed by atoms with Crippen molar-refractivity contribution >= 4 is 22.4 Å². The first-order valence-electron chi connectivity index (χ1n) is 8.03. The first-order chi connectivity index (χ1) is 11.9. The van der Waals surface area contributed by atoms with Crippen molar-refractivity contribution in [2.24, 2.45) is 0 Å². The van der Waals surface area contributed by atoms with Crippen LogP contribution in [0.3, 0.4) is 0 Å². The number of anilines is 1. The number of carbonyl (C=O) groups is 1. The molecule has 0 aliphatic carbocycles. The third-order valence-corrected chi connectivity index (χ3v) is 4.91. The van der Waals surface area contributed by atoms with E-state index in [-0.39, 0.29) is 5.91 Å². The van der Waals surface area contributed by atoms with Gasteiger partial charge in [-0.25, -0.2) is 4.98 Å². The molecule has 1 aromatic heterocycles. The van der Waals surface area contributed by atoms with E-state index in [0.29, 0.717) is 23.7 Å². The smallest absolute Gasteiger partial charge is 0.301 e. The van der Waals surface area contributed by atoms with Crippen LogP contribution >= 0.6 is 11.3 Å². The molecule has 0 atom stereocenters. The first-order valence-corrected chi connectivity index (χ1v) is 8.85. The van der Waals surface area contributed by atoms with Crippen molar-refractivity contribution in [1.82, 2.24) is 9.88 Å². The molecule has 2 aromatic rings. The monoisotopic (exact) mass is 369 g/mol. The van der Waals surface area contributed by atoms with Crippen LogP contribution in [0.25, 0.3) is 0 Å². The largest absolute Gasteiger partial charge is 0.416 e. The number of carbonyl (C=O) groups excluding carboxylic acids is 1. The lowest BCUT2D eigenvalue weighted by Gasteiger charge is -2.12. The van der Waals surface area contributed by atoms with E-state index in [9.17, 15) is 18.0 Å². The lowest BCUT2D eigenvalue weighted by Crippen LogP contribution is -2.30. The summed E-state index contributed by atoms with van der Waals surface area (Å²) in [5.74, 6) is -0.109. The van der Waals surface area contributed by atoms with E-state index >= 15 is 0 Å². The fourth-order valence-electron chi connectivity index (χ4n) is 2.81. The highest BCUT2D eigenvalue weighted by Gasteiger charge is 2.30. The van der Waals surface area contributed by atoms with E-state index in [2.05, 4.69) is 15.2 Å². The second-order valence-electron chi connectivity index (χ2n) is 6.04. The minimum atomic E-state index is -4.35. The molecule has 0 radical (unpaired) electrons. The van der Waals surface area contributed by atoms with Gasteiger partial charge < -0.3 is 5.32 Å². The van der Waals surface area contributed by atoms with Crippen molar-refractivity contribution in [3.8, 4) is 0 Å². The van der Waals surface area contributed by atoms with Gasteiger partial charge in [0, 0.05) is 17.5 Å². The first kappa shape index (κ1) is 17.9. The second kappa shape index (κ2) is 7.53. The summed E-state index contributed by atoms with van der Waals surface area (Å²) in [6.45, 7) is 2.22. The number of hydrogen-bond donors (Lipinski definition) is 1. The van der Waals surface area contributed by atoms with Crippen molar-refractivity contribution < 1.29 is 18.0 Å². The average molecular weight is 369 g/mol. The molecule has 0 saturated carbocycles. The minimum Gasteiger partial charge on any atom is -0.301 e. The number of hydrogen-bond acceptors (Lipinski definition) is 4. The standard InChI is InChI=1S/C17H18F3N3OS/c18-17(19,20)13-5-3-4-12(8-13)9-14-10-21-16(25-14)22-15(24)11-23-6-1-2-7-23/h3-5,8,10H,1-2,6-7,9,11H2,(H,21,22,24). The maximum atomic E-state index is 12.8. The third kappa shape index (κ3) is 5.02. The van der Waals surface area contributed by atoms with E-state index in [1.54, 1.807) is 12.3 Å². The number of nitrogens with one attached hydrogen (secondary N) is 1. The number of rotatable bonds is 5. The Morgan fingerprint density at radius 2 is 2.04 bits per heavy atom. The van der Waals surface area contributed by atoms with Crippen LogP contribution < -0.4 is 5.32 Å². The molecule has 134 valence electrons. The molecule has 1 aromatic carbocycles. The molecule has 2 heterocycles. The molecule has 1 fully saturated rings. The molecule has 3 rings (SSSR count). The summed E-state index contributed by atoms with van der Waals surface area (Å²) in [7, 11) is 0. The van der Waals surface area contributed by atoms with Crippen molar-refractivity contribution in [3.63, 3.8) is 0 Å². The lowest BCUT2D eigenvalue weighted by atomic mass is 10.1. The lowest BCUT2D eigenvalue weighted by molar-refractivity contribution is -0.137. The highest BCUT2D eigenvalue weighted by molar-refractivity contribution is 7.15. The Morgan fingerprint density at radius 3 is 2.76 bits per heavy atom. The van der Waals surface area contributed by atoms with Gasteiger partial charge in [-0.15, -0.1) is 11.3 Å². The Labute approximate surface area is 147 Å². The number of alkyl halides is 3. The molecule has 1 aliphatic rings. The van der Waals surface area contributed by atoms with E-state index in [1.807, 2.05) is 0 Å². The number of nitrogens with zero attached hydrogens (tertiary/aromatic N) is 2. The second-order valence-corrected chi connectivity index (χ2v) is 7.15. The number of benzene rings is 1. The van der Waals surface area contributed by atoms with Crippen molar-refractivity contribution in [2.75, 3.05) is 25.0 Å². The zero-order valence-electron chi connectivity index (χ0n) is 13.5. The van der Waals surface area contributed by atoms with Crippen LogP contribution in [-0.4, -0.2) is 35.4 Å². The Morgan fingerprint density at radius 1 is 1.28 bits per heavy atom. The van der Waals surface area contributed by atoms with Gasteiger partial charge in [0.15, 0.2) is 5.13 Å². The Balaban J connectivity index is 1.59. The van der Waals surface area contributed by atoms with Gasteiger partial charge in [0.2, 0.25) is 5.91 Å². The third-order valence-electron chi connectivity index (χ3n) is 4.00. The molecule has 0 unspecified atom stereocenters. The van der Waals surface area contributed by atoms with Crippen molar-refractivity contribution in [1.29, 1.82) is 0 Å². The van der Waals surface area contributed by atoms with Gasteiger partial charge in [0.1, 0.15) is 0 Å². The zero-order valence-corrected chi connectivity index (χ0v) is 14.3. The molecule has 4 nitrogen and oxygen atoms in total. The summed E-state index contributed by atoms with van der Waals surface area (Å²) in [4.78, 5) is 19.0. The fraction of sp³-hybridized carbons (Fsp3) is 0.412. The van der Waals surface area contributed by atoms with Crippen LogP contribution in [0.1, 0.15) is 28.8 Å². The molecule has 1 aliphatic heterocycles. The fourth-order valence-corrected chi connectivity index (χ4v) is 3.67. The molecule has 1 saturated heterocycles. The average Bonchev–Trinajstić information content (AvgIpc) is 3.19. The zero-order chi connectivity index (χ0) is 17.9. The Bertz CT molecular complexity index is 739. The normalized spacial score (nSPS) is 15.5. The van der Waals surface area contributed by atoms with Crippen molar-refractivity contribution in [2.45, 2.75) is 25.4 Å². The predicted octanol–water partition coefficient (Wildman–Crippen LogP) is 3.79. The van der Waals surface area contributed by atoms with Crippen LogP contribution in [0, 0.1) is 0 Å². The molecule has 1 N–H and O–H groups in total. The number of likely N-dealkylation sites (tertiary alicyclic amines) is 1. The SMILES string of the molecule is O=C(CN1CCCC1)Nc1ncc(Cc2cccc(C(F)(F)F)c2)s1. The summed E-state index contributed by atoms with van der Waals surface area (Å²) in [6.07, 6.45) is -0.171. The van der Waals surface area contributed by atoms with Gasteiger partial charge in [-0.05, 0) is 37.6 Å². The summed E-state index contributed by atoms with van der Waals surface area (Å²) in [6, 6.07) is 5.25. The van der Waals surface area contributed by atoms with Gasteiger partial charge in [0.05, 0.1) is 12.1 Å². The topological polar surface area (TPSA) is 45.2 Å². The number of thiazole rings is 1. The van der Waals surface area contributed by atoms with E-state index < -0.39 is 11.7 Å². The van der Waals surface area contributed by atoms with Gasteiger partial charge in [0.25, 0.3) is 0 Å². The molecular formula is C17H18F3N3OS. The summed E-state index contributed by atoms with van der Waals surface area (Å²) >= 11 is 1.28. The molecule has 0 bridgehead atoms. The summed E-state index contributed by atoms with van der Waals surface area (Å²) < 4.78 is 38.3. The van der Waals surface area contributed by atoms with Crippen LogP contribution in [0.4, 0.5) is 18.3 Å². The van der Waals surface area contributed by atoms with Gasteiger partial charge in [-0.2, -0.15) is 13.2 Å². The maximum Gasteiger partial charge on any atom is 0.416 e. The molecule has 1 amide bonds. The molecular weight excluding hydrogens is 351 g/mol. The minimum absolute atomic E-state index is 0.109. The van der Waals surface area contributed by atoms with Crippen molar-refractivity contribution in [3.05, 3.63) is 46.5 Å². The van der Waals surface area contributed by atoms with Crippen LogP contribution in [0.15, 0.2) is 30.5 Å². The van der Waals surface area contributed by atoms with Gasteiger partial charge in [-0.1, -0.05) is 18.2 Å². The molecule has 0 spiro atoms. The number of halogens is 3. The van der Waals surface area contributed by atoms with Crippen LogP contribution in [-0.2, 0) is 17.4 Å². The summed E-state index contributed by atoms with van der Waals surface area (Å²) in [5.41, 5.74) is -0.0953. The highest BCUT2D eigenvalue weighted by Crippen LogP contribution is 2.30. The van der Waals surface area contributed by atoms with Crippen LogP contribution in [0.2, 0.25) is 0 Å². The van der Waals surface area contributed by atoms with E-state index in [1.165, 1.54) is 17.4 Å². The quantitative estimate of drug-likeness (QED) is 0.872. The Kier molecular flexibility index (Phi) is 5.39. The van der Waals surface area contributed by atoms with Gasteiger partial charge >= 0.3 is 6.18 Å². The maximum absolute atomic E-state index is 12.8. The molecule has 25 heavy (non-hydrogen) atoms. The summed E-state index contributed by atoms with van der Waals surface area (Å²) in [5, 5.41) is 3.24. The van der Waals surface area contributed by atoms with Crippen LogP contribution in [0.5, 0.6) is 0 Å². The molecule has 8 heteroatoms.